The average Bonchev–Trinajstić information content (AvgIpc) is 3.07. The zero-order chi connectivity index (χ0) is 18.0. The fourth-order valence-electron chi connectivity index (χ4n) is 3.71. The summed E-state index contributed by atoms with van der Waals surface area (Å²) in [5.74, 6) is 1.45. The van der Waals surface area contributed by atoms with E-state index in [0.29, 0.717) is 12.3 Å². The van der Waals surface area contributed by atoms with E-state index in [1.165, 1.54) is 5.56 Å². The van der Waals surface area contributed by atoms with Crippen LogP contribution in [0.4, 0.5) is 0 Å². The van der Waals surface area contributed by atoms with Gasteiger partial charge in [0.2, 0.25) is 5.91 Å². The van der Waals surface area contributed by atoms with Gasteiger partial charge in [-0.25, -0.2) is 0 Å². The first kappa shape index (κ1) is 17.6. The maximum atomic E-state index is 12.2. The van der Waals surface area contributed by atoms with E-state index in [0.717, 1.165) is 42.8 Å². The van der Waals surface area contributed by atoms with Gasteiger partial charge < -0.3 is 5.32 Å². The molecule has 0 spiro atoms. The van der Waals surface area contributed by atoms with Crippen LogP contribution in [0, 0.1) is 19.8 Å². The lowest BCUT2D eigenvalue weighted by atomic mass is 9.76. The van der Waals surface area contributed by atoms with Gasteiger partial charge in [-0.05, 0) is 67.5 Å². The maximum Gasteiger partial charge on any atom is 0.220 e. The summed E-state index contributed by atoms with van der Waals surface area (Å²) in [6.07, 6.45) is 4.31. The lowest BCUT2D eigenvalue weighted by Crippen LogP contribution is -2.49. The van der Waals surface area contributed by atoms with Gasteiger partial charge in [0.25, 0.3) is 0 Å². The van der Waals surface area contributed by atoms with Gasteiger partial charge in [0.1, 0.15) is 5.54 Å². The van der Waals surface area contributed by atoms with Crippen LogP contribution in [-0.4, -0.2) is 26.1 Å². The number of carbonyl (C=O) groups excluding carboxylic acids is 1. The van der Waals surface area contributed by atoms with E-state index in [-0.39, 0.29) is 5.91 Å². The van der Waals surface area contributed by atoms with Crippen LogP contribution >= 0.6 is 0 Å². The predicted molar refractivity (Wildman–Crippen MR) is 96.4 cm³/mol. The van der Waals surface area contributed by atoms with Crippen molar-refractivity contribution in [3.05, 3.63) is 35.2 Å². The number of rotatable bonds is 4. The van der Waals surface area contributed by atoms with Crippen LogP contribution in [0.25, 0.3) is 5.69 Å². The summed E-state index contributed by atoms with van der Waals surface area (Å²) in [6, 6.07) is 6.24. The number of hydrogen-bond donors (Lipinski definition) is 1. The van der Waals surface area contributed by atoms with Gasteiger partial charge in [0.05, 0.1) is 5.69 Å². The Morgan fingerprint density at radius 3 is 2.68 bits per heavy atom. The molecule has 0 radical (unpaired) electrons. The Morgan fingerprint density at radius 2 is 2.04 bits per heavy atom. The monoisotopic (exact) mass is 341 g/mol. The van der Waals surface area contributed by atoms with Crippen molar-refractivity contribution < 1.29 is 4.79 Å². The van der Waals surface area contributed by atoms with Crippen molar-refractivity contribution in [1.29, 1.82) is 0 Å². The van der Waals surface area contributed by atoms with E-state index < -0.39 is 5.54 Å². The first-order valence-electron chi connectivity index (χ1n) is 9.12. The third kappa shape index (κ3) is 3.43. The van der Waals surface area contributed by atoms with E-state index in [1.807, 2.05) is 13.0 Å². The molecule has 1 aliphatic carbocycles. The first-order chi connectivity index (χ1) is 11.9. The highest BCUT2D eigenvalue weighted by Crippen LogP contribution is 2.39. The van der Waals surface area contributed by atoms with Crippen LogP contribution in [0.2, 0.25) is 0 Å². The molecule has 134 valence electrons. The van der Waals surface area contributed by atoms with Gasteiger partial charge in [-0.3, -0.25) is 4.79 Å². The normalized spacial score (nSPS) is 23.4. The number of nitrogens with zero attached hydrogens (tertiary/aromatic N) is 4. The van der Waals surface area contributed by atoms with Crippen molar-refractivity contribution >= 4 is 5.91 Å². The Bertz CT molecular complexity index is 759. The molecule has 1 aromatic carbocycles. The van der Waals surface area contributed by atoms with Crippen molar-refractivity contribution in [3.8, 4) is 5.69 Å². The highest BCUT2D eigenvalue weighted by Gasteiger charge is 2.41. The minimum atomic E-state index is -0.486. The Kier molecular flexibility index (Phi) is 4.88. The summed E-state index contributed by atoms with van der Waals surface area (Å²) in [6.45, 7) is 8.27. The quantitative estimate of drug-likeness (QED) is 0.927. The first-order valence-corrected chi connectivity index (χ1v) is 9.12. The van der Waals surface area contributed by atoms with Crippen LogP contribution in [-0.2, 0) is 10.3 Å². The average molecular weight is 341 g/mol. The molecular weight excluding hydrogens is 314 g/mol. The number of aryl methyl sites for hydroxylation is 2. The lowest BCUT2D eigenvalue weighted by molar-refractivity contribution is -0.123. The molecular formula is C19H27N5O. The number of aromatic nitrogens is 4. The number of amides is 1. The zero-order valence-electron chi connectivity index (χ0n) is 15.5. The molecule has 0 unspecified atom stereocenters. The van der Waals surface area contributed by atoms with E-state index in [9.17, 15) is 4.79 Å². The Hall–Kier alpha value is -2.24. The number of benzene rings is 1. The Balaban J connectivity index is 2.06. The molecule has 1 N–H and O–H groups in total. The van der Waals surface area contributed by atoms with Gasteiger partial charge in [0.15, 0.2) is 5.82 Å². The standard InChI is InChI=1S/C19H27N5O/c1-5-17(25)20-19(10-8-13(2)9-11-19)18-21-22-23-24(18)16-7-6-14(3)12-15(16)4/h6-7,12-13H,5,8-11H2,1-4H3,(H,20,25). The van der Waals surface area contributed by atoms with Gasteiger partial charge in [-0.2, -0.15) is 4.68 Å². The van der Waals surface area contributed by atoms with Crippen molar-refractivity contribution in [2.45, 2.75) is 65.3 Å². The van der Waals surface area contributed by atoms with Crippen molar-refractivity contribution in [1.82, 2.24) is 25.5 Å². The van der Waals surface area contributed by atoms with Crippen molar-refractivity contribution in [2.24, 2.45) is 5.92 Å². The SMILES string of the molecule is CCC(=O)NC1(c2nnnn2-c2ccc(C)cc2C)CCC(C)CC1. The third-order valence-corrected chi connectivity index (χ3v) is 5.31. The third-order valence-electron chi connectivity index (χ3n) is 5.31. The smallest absolute Gasteiger partial charge is 0.220 e. The molecule has 0 bridgehead atoms. The fourth-order valence-corrected chi connectivity index (χ4v) is 3.71. The molecule has 6 heteroatoms. The Morgan fingerprint density at radius 1 is 1.32 bits per heavy atom. The number of tetrazole rings is 1. The molecule has 1 fully saturated rings. The van der Waals surface area contributed by atoms with Gasteiger partial charge in [-0.1, -0.05) is 31.5 Å². The molecule has 2 aromatic rings. The molecule has 1 aromatic heterocycles. The van der Waals surface area contributed by atoms with Gasteiger partial charge >= 0.3 is 0 Å². The van der Waals surface area contributed by atoms with Crippen LogP contribution in [0.15, 0.2) is 18.2 Å². The molecule has 25 heavy (non-hydrogen) atoms. The van der Waals surface area contributed by atoms with Crippen LogP contribution in [0.3, 0.4) is 0 Å². The van der Waals surface area contributed by atoms with E-state index in [2.05, 4.69) is 53.7 Å². The van der Waals surface area contributed by atoms with Crippen molar-refractivity contribution in [2.75, 3.05) is 0 Å². The highest BCUT2D eigenvalue weighted by molar-refractivity contribution is 5.76. The maximum absolute atomic E-state index is 12.2. The highest BCUT2D eigenvalue weighted by atomic mass is 16.1. The zero-order valence-corrected chi connectivity index (χ0v) is 15.5. The molecule has 1 amide bonds. The van der Waals surface area contributed by atoms with E-state index in [4.69, 9.17) is 0 Å². The molecule has 1 saturated carbocycles. The largest absolute Gasteiger partial charge is 0.343 e. The van der Waals surface area contributed by atoms with Gasteiger partial charge in [0, 0.05) is 6.42 Å². The molecule has 6 nitrogen and oxygen atoms in total. The predicted octanol–water partition coefficient (Wildman–Crippen LogP) is 3.21. The fraction of sp³-hybridized carbons (Fsp3) is 0.579. The summed E-state index contributed by atoms with van der Waals surface area (Å²) in [4.78, 5) is 12.2. The second-order valence-electron chi connectivity index (χ2n) is 7.37. The number of carbonyl (C=O) groups is 1. The summed E-state index contributed by atoms with van der Waals surface area (Å²) in [7, 11) is 0. The van der Waals surface area contributed by atoms with Crippen LogP contribution in [0.1, 0.15) is 62.9 Å². The second-order valence-corrected chi connectivity index (χ2v) is 7.37. The van der Waals surface area contributed by atoms with Gasteiger partial charge in [-0.15, -0.1) is 5.10 Å². The molecule has 3 rings (SSSR count). The van der Waals surface area contributed by atoms with Crippen LogP contribution < -0.4 is 5.32 Å². The Labute approximate surface area is 149 Å². The second kappa shape index (κ2) is 6.94. The molecule has 0 saturated heterocycles. The molecule has 1 heterocycles. The molecule has 1 aliphatic rings. The summed E-state index contributed by atoms with van der Waals surface area (Å²) < 4.78 is 1.81. The van der Waals surface area contributed by atoms with Crippen molar-refractivity contribution in [3.63, 3.8) is 0 Å². The minimum Gasteiger partial charge on any atom is -0.343 e. The van der Waals surface area contributed by atoms with E-state index in [1.54, 1.807) is 4.68 Å². The minimum absolute atomic E-state index is 0.0460. The lowest BCUT2D eigenvalue weighted by Gasteiger charge is -2.39. The van der Waals surface area contributed by atoms with E-state index >= 15 is 0 Å². The number of nitrogens with one attached hydrogen (secondary N) is 1. The summed E-state index contributed by atoms with van der Waals surface area (Å²) in [5.41, 5.74) is 2.81. The number of hydrogen-bond acceptors (Lipinski definition) is 4. The molecule has 0 aliphatic heterocycles. The molecule has 0 atom stereocenters. The topological polar surface area (TPSA) is 72.7 Å². The summed E-state index contributed by atoms with van der Waals surface area (Å²) >= 11 is 0. The summed E-state index contributed by atoms with van der Waals surface area (Å²) in [5, 5.41) is 15.8. The van der Waals surface area contributed by atoms with Crippen LogP contribution in [0.5, 0.6) is 0 Å².